The minimum Gasteiger partial charge on any atom is -0.313 e. The van der Waals surface area contributed by atoms with Crippen molar-refractivity contribution < 1.29 is 0 Å². The fourth-order valence-electron chi connectivity index (χ4n) is 2.83. The van der Waals surface area contributed by atoms with Gasteiger partial charge in [-0.05, 0) is 39.2 Å². The molecule has 0 amide bonds. The molecule has 1 aromatic heterocycles. The van der Waals surface area contributed by atoms with Crippen molar-refractivity contribution in [2.24, 2.45) is 5.92 Å². The Morgan fingerprint density at radius 2 is 2.26 bits per heavy atom. The third-order valence-corrected chi connectivity index (χ3v) is 4.89. The maximum absolute atomic E-state index is 4.56. The number of aromatic nitrogens is 1. The van der Waals surface area contributed by atoms with Gasteiger partial charge in [0.2, 0.25) is 0 Å². The monoisotopic (exact) mass is 281 g/mol. The maximum atomic E-state index is 4.56. The van der Waals surface area contributed by atoms with E-state index >= 15 is 0 Å². The Hall–Kier alpha value is -0.450. The molecule has 2 unspecified atom stereocenters. The number of rotatable bonds is 4. The van der Waals surface area contributed by atoms with Crippen LogP contribution < -0.4 is 5.32 Å². The lowest BCUT2D eigenvalue weighted by Crippen LogP contribution is -2.39. The molecule has 0 saturated carbocycles. The van der Waals surface area contributed by atoms with Crippen molar-refractivity contribution in [1.82, 2.24) is 15.2 Å². The molecule has 19 heavy (non-hydrogen) atoms. The fourth-order valence-corrected chi connectivity index (χ4v) is 3.69. The van der Waals surface area contributed by atoms with Gasteiger partial charge in [0, 0.05) is 30.2 Å². The molecule has 2 heterocycles. The van der Waals surface area contributed by atoms with Gasteiger partial charge in [-0.3, -0.25) is 4.90 Å². The second-order valence-electron chi connectivity index (χ2n) is 6.11. The van der Waals surface area contributed by atoms with Crippen molar-refractivity contribution in [2.45, 2.75) is 52.6 Å². The Kier molecular flexibility index (Phi) is 5.37. The van der Waals surface area contributed by atoms with Crippen LogP contribution in [-0.2, 0) is 0 Å². The second kappa shape index (κ2) is 6.82. The molecule has 4 heteroatoms. The third kappa shape index (κ3) is 4.26. The maximum Gasteiger partial charge on any atom is 0.110 e. The highest BCUT2D eigenvalue weighted by atomic mass is 32.1. The lowest BCUT2D eigenvalue weighted by molar-refractivity contribution is 0.199. The predicted octanol–water partition coefficient (Wildman–Crippen LogP) is 3.22. The second-order valence-corrected chi connectivity index (χ2v) is 7.38. The Bertz CT molecular complexity index is 388. The van der Waals surface area contributed by atoms with Crippen LogP contribution in [0.1, 0.15) is 49.5 Å². The molecule has 1 aromatic rings. The van der Waals surface area contributed by atoms with E-state index in [4.69, 9.17) is 0 Å². The highest BCUT2D eigenvalue weighted by Gasteiger charge is 2.24. The van der Waals surface area contributed by atoms with E-state index in [9.17, 15) is 0 Å². The zero-order valence-electron chi connectivity index (χ0n) is 12.6. The first-order valence-corrected chi connectivity index (χ1v) is 8.27. The molecule has 3 nitrogen and oxygen atoms in total. The van der Waals surface area contributed by atoms with Crippen molar-refractivity contribution in [2.75, 3.05) is 19.6 Å². The van der Waals surface area contributed by atoms with Crippen LogP contribution in [0.2, 0.25) is 0 Å². The highest BCUT2D eigenvalue weighted by Crippen LogP contribution is 2.26. The Morgan fingerprint density at radius 3 is 2.89 bits per heavy atom. The summed E-state index contributed by atoms with van der Waals surface area (Å²) in [4.78, 5) is 8.48. The molecule has 1 saturated heterocycles. The molecule has 2 rings (SSSR count). The number of nitrogens with one attached hydrogen (secondary N) is 1. The van der Waals surface area contributed by atoms with Crippen LogP contribution in [0.4, 0.5) is 0 Å². The summed E-state index contributed by atoms with van der Waals surface area (Å²) < 4.78 is 0. The molecule has 0 bridgehead atoms. The lowest BCUT2D eigenvalue weighted by Gasteiger charge is -2.29. The van der Waals surface area contributed by atoms with Gasteiger partial charge in [0.1, 0.15) is 5.01 Å². The Morgan fingerprint density at radius 1 is 1.47 bits per heavy atom. The van der Waals surface area contributed by atoms with Crippen LogP contribution >= 0.6 is 11.3 Å². The minimum atomic E-state index is 0.452. The van der Waals surface area contributed by atoms with E-state index in [2.05, 4.69) is 42.9 Å². The SMILES string of the molecule is Cc1cnc(C(C)N2CCCNC(CC(C)C)C2)s1. The normalized spacial score (nSPS) is 23.5. The van der Waals surface area contributed by atoms with Gasteiger partial charge < -0.3 is 5.32 Å². The molecule has 1 N–H and O–H groups in total. The van der Waals surface area contributed by atoms with Crippen LogP contribution in [0.5, 0.6) is 0 Å². The summed E-state index contributed by atoms with van der Waals surface area (Å²) in [6.45, 7) is 12.5. The molecule has 1 aliphatic rings. The molecule has 1 fully saturated rings. The largest absolute Gasteiger partial charge is 0.313 e. The topological polar surface area (TPSA) is 28.2 Å². The molecule has 108 valence electrons. The molecular weight excluding hydrogens is 254 g/mol. The zero-order chi connectivity index (χ0) is 13.8. The van der Waals surface area contributed by atoms with Crippen LogP contribution in [0.25, 0.3) is 0 Å². The molecule has 0 aromatic carbocycles. The van der Waals surface area contributed by atoms with Crippen molar-refractivity contribution in [3.63, 3.8) is 0 Å². The predicted molar refractivity (Wildman–Crippen MR) is 82.7 cm³/mol. The summed E-state index contributed by atoms with van der Waals surface area (Å²) in [6.07, 6.45) is 4.50. The minimum absolute atomic E-state index is 0.452. The quantitative estimate of drug-likeness (QED) is 0.918. The fraction of sp³-hybridized carbons (Fsp3) is 0.800. The molecular formula is C15H27N3S. The van der Waals surface area contributed by atoms with Gasteiger partial charge in [0.05, 0.1) is 6.04 Å². The summed E-state index contributed by atoms with van der Waals surface area (Å²) in [6, 6.07) is 1.08. The van der Waals surface area contributed by atoms with E-state index in [1.54, 1.807) is 0 Å². The number of thiazole rings is 1. The van der Waals surface area contributed by atoms with Crippen molar-refractivity contribution in [3.8, 4) is 0 Å². The van der Waals surface area contributed by atoms with Gasteiger partial charge in [-0.15, -0.1) is 11.3 Å². The van der Waals surface area contributed by atoms with Crippen molar-refractivity contribution in [3.05, 3.63) is 16.1 Å². The van der Waals surface area contributed by atoms with Crippen molar-refractivity contribution >= 4 is 11.3 Å². The molecule has 1 aliphatic heterocycles. The number of nitrogens with zero attached hydrogens (tertiary/aromatic N) is 2. The average Bonchev–Trinajstić information content (AvgIpc) is 2.64. The zero-order valence-corrected chi connectivity index (χ0v) is 13.5. The first-order valence-electron chi connectivity index (χ1n) is 7.46. The first kappa shape index (κ1) is 14.9. The van der Waals surface area contributed by atoms with E-state index in [1.165, 1.54) is 29.3 Å². The Balaban J connectivity index is 2.01. The van der Waals surface area contributed by atoms with Gasteiger partial charge in [0.15, 0.2) is 0 Å². The van der Waals surface area contributed by atoms with Crippen LogP contribution in [-0.4, -0.2) is 35.6 Å². The van der Waals surface area contributed by atoms with Crippen LogP contribution in [0, 0.1) is 12.8 Å². The van der Waals surface area contributed by atoms with E-state index in [-0.39, 0.29) is 0 Å². The van der Waals surface area contributed by atoms with E-state index in [1.807, 2.05) is 17.5 Å². The average molecular weight is 281 g/mol. The Labute approximate surface area is 121 Å². The van der Waals surface area contributed by atoms with Crippen LogP contribution in [0.3, 0.4) is 0 Å². The molecule has 0 radical (unpaired) electrons. The first-order chi connectivity index (χ1) is 9.06. The van der Waals surface area contributed by atoms with E-state index < -0.39 is 0 Å². The van der Waals surface area contributed by atoms with Crippen LogP contribution in [0.15, 0.2) is 6.20 Å². The van der Waals surface area contributed by atoms with Gasteiger partial charge >= 0.3 is 0 Å². The summed E-state index contributed by atoms with van der Waals surface area (Å²) in [5.41, 5.74) is 0. The van der Waals surface area contributed by atoms with E-state index in [0.717, 1.165) is 19.0 Å². The molecule has 0 aliphatic carbocycles. The smallest absolute Gasteiger partial charge is 0.110 e. The highest BCUT2D eigenvalue weighted by molar-refractivity contribution is 7.11. The van der Waals surface area contributed by atoms with Gasteiger partial charge in [0.25, 0.3) is 0 Å². The standard InChI is InChI=1S/C15H27N3S/c1-11(2)8-14-10-18(7-5-6-16-14)13(4)15-17-9-12(3)19-15/h9,11,13-14,16H,5-8,10H2,1-4H3. The summed E-state index contributed by atoms with van der Waals surface area (Å²) >= 11 is 1.84. The third-order valence-electron chi connectivity index (χ3n) is 3.81. The molecule has 0 spiro atoms. The van der Waals surface area contributed by atoms with Gasteiger partial charge in [-0.1, -0.05) is 13.8 Å². The number of hydrogen-bond acceptors (Lipinski definition) is 4. The molecule has 2 atom stereocenters. The number of aryl methyl sites for hydroxylation is 1. The lowest BCUT2D eigenvalue weighted by atomic mass is 10.0. The van der Waals surface area contributed by atoms with Crippen molar-refractivity contribution in [1.29, 1.82) is 0 Å². The van der Waals surface area contributed by atoms with E-state index in [0.29, 0.717) is 12.1 Å². The van der Waals surface area contributed by atoms with Gasteiger partial charge in [-0.25, -0.2) is 4.98 Å². The summed E-state index contributed by atoms with van der Waals surface area (Å²) in [7, 11) is 0. The van der Waals surface area contributed by atoms with Gasteiger partial charge in [-0.2, -0.15) is 0 Å². The summed E-state index contributed by atoms with van der Waals surface area (Å²) in [5.74, 6) is 0.759. The number of hydrogen-bond donors (Lipinski definition) is 1. The summed E-state index contributed by atoms with van der Waals surface area (Å²) in [5, 5.41) is 4.96.